The maximum absolute atomic E-state index is 13.1. The summed E-state index contributed by atoms with van der Waals surface area (Å²) in [7, 11) is 0. The second-order valence-corrected chi connectivity index (χ2v) is 5.61. The minimum Gasteiger partial charge on any atom is -0.330 e. The second kappa shape index (κ2) is 7.24. The molecule has 1 aromatic carbocycles. The van der Waals surface area contributed by atoms with Crippen LogP contribution in [0.1, 0.15) is 23.3 Å². The molecule has 21 heavy (non-hydrogen) atoms. The quantitative estimate of drug-likeness (QED) is 0.862. The molecule has 1 aromatic heterocycles. The fourth-order valence-electron chi connectivity index (χ4n) is 1.74. The third-order valence-electron chi connectivity index (χ3n) is 2.77. The van der Waals surface area contributed by atoms with E-state index in [2.05, 4.69) is 10.3 Å². The van der Waals surface area contributed by atoms with Gasteiger partial charge >= 0.3 is 0 Å². The molecule has 2 aromatic rings. The molecule has 0 radical (unpaired) electrons. The van der Waals surface area contributed by atoms with E-state index in [1.54, 1.807) is 6.20 Å². The van der Waals surface area contributed by atoms with Crippen molar-refractivity contribution < 1.29 is 13.6 Å². The van der Waals surface area contributed by atoms with Gasteiger partial charge in [-0.05, 0) is 30.7 Å². The van der Waals surface area contributed by atoms with Crippen LogP contribution >= 0.6 is 11.3 Å². The highest BCUT2D eigenvalue weighted by atomic mass is 32.1. The molecule has 0 unspecified atom stereocenters. The van der Waals surface area contributed by atoms with Crippen LogP contribution in [0.4, 0.5) is 13.9 Å². The molecule has 0 aliphatic heterocycles. The molecular weight excluding hydrogens is 296 g/mol. The van der Waals surface area contributed by atoms with Crippen molar-refractivity contribution >= 4 is 22.4 Å². The Balaban J connectivity index is 1.96. The van der Waals surface area contributed by atoms with Crippen LogP contribution in [0.3, 0.4) is 0 Å². The Morgan fingerprint density at radius 3 is 2.86 bits per heavy atom. The van der Waals surface area contributed by atoms with E-state index in [1.165, 1.54) is 17.4 Å². The van der Waals surface area contributed by atoms with E-state index in [4.69, 9.17) is 5.73 Å². The van der Waals surface area contributed by atoms with E-state index in [9.17, 15) is 13.6 Å². The summed E-state index contributed by atoms with van der Waals surface area (Å²) in [6, 6.07) is 3.79. The minimum atomic E-state index is -0.868. The number of anilines is 1. The SMILES string of the molecule is NCCCC(=O)Nc1ncc(Cc2ccc(F)c(F)c2)s1. The topological polar surface area (TPSA) is 68.0 Å². The van der Waals surface area contributed by atoms with Gasteiger partial charge in [0.2, 0.25) is 5.91 Å². The Labute approximate surface area is 125 Å². The lowest BCUT2D eigenvalue weighted by Gasteiger charge is -2.00. The first kappa shape index (κ1) is 15.5. The Morgan fingerprint density at radius 1 is 1.33 bits per heavy atom. The molecule has 1 amide bonds. The van der Waals surface area contributed by atoms with E-state index < -0.39 is 11.6 Å². The molecule has 3 N–H and O–H groups in total. The zero-order chi connectivity index (χ0) is 15.2. The normalized spacial score (nSPS) is 10.6. The lowest BCUT2D eigenvalue weighted by molar-refractivity contribution is -0.116. The smallest absolute Gasteiger partial charge is 0.226 e. The molecule has 0 aliphatic carbocycles. The number of thiazole rings is 1. The van der Waals surface area contributed by atoms with E-state index in [0.717, 1.165) is 17.0 Å². The summed E-state index contributed by atoms with van der Waals surface area (Å²) in [5, 5.41) is 3.18. The van der Waals surface area contributed by atoms with Gasteiger partial charge in [0.1, 0.15) is 0 Å². The summed E-state index contributed by atoms with van der Waals surface area (Å²) in [5.74, 6) is -1.86. The molecule has 0 spiro atoms. The predicted octanol–water partition coefficient (Wildman–Crippen LogP) is 2.69. The zero-order valence-corrected chi connectivity index (χ0v) is 12.1. The summed E-state index contributed by atoms with van der Waals surface area (Å²) in [4.78, 5) is 16.5. The van der Waals surface area contributed by atoms with Crippen LogP contribution in [-0.2, 0) is 11.2 Å². The Kier molecular flexibility index (Phi) is 5.35. The first-order chi connectivity index (χ1) is 10.1. The summed E-state index contributed by atoms with van der Waals surface area (Å²) >= 11 is 1.31. The van der Waals surface area contributed by atoms with E-state index in [1.807, 2.05) is 0 Å². The van der Waals surface area contributed by atoms with Gasteiger partial charge in [0, 0.05) is 23.9 Å². The summed E-state index contributed by atoms with van der Waals surface area (Å²) in [5.41, 5.74) is 5.98. The lowest BCUT2D eigenvalue weighted by atomic mass is 10.1. The van der Waals surface area contributed by atoms with Crippen molar-refractivity contribution in [1.82, 2.24) is 4.98 Å². The van der Waals surface area contributed by atoms with Gasteiger partial charge in [0.25, 0.3) is 0 Å². The van der Waals surface area contributed by atoms with Gasteiger partial charge in [-0.3, -0.25) is 4.79 Å². The van der Waals surface area contributed by atoms with Crippen LogP contribution in [0.25, 0.3) is 0 Å². The maximum Gasteiger partial charge on any atom is 0.226 e. The highest BCUT2D eigenvalue weighted by molar-refractivity contribution is 7.15. The molecular formula is C14H15F2N3OS. The van der Waals surface area contributed by atoms with Gasteiger partial charge in [-0.2, -0.15) is 0 Å². The van der Waals surface area contributed by atoms with Crippen molar-refractivity contribution in [2.75, 3.05) is 11.9 Å². The summed E-state index contributed by atoms with van der Waals surface area (Å²) < 4.78 is 26.0. The Morgan fingerprint density at radius 2 is 2.14 bits per heavy atom. The van der Waals surface area contributed by atoms with Gasteiger partial charge in [0.15, 0.2) is 16.8 Å². The molecule has 0 fully saturated rings. The molecule has 7 heteroatoms. The highest BCUT2D eigenvalue weighted by Crippen LogP contribution is 2.22. The van der Waals surface area contributed by atoms with Gasteiger partial charge in [0.05, 0.1) is 0 Å². The Bertz CT molecular complexity index is 630. The predicted molar refractivity (Wildman–Crippen MR) is 78.2 cm³/mol. The van der Waals surface area contributed by atoms with Crippen LogP contribution in [0, 0.1) is 11.6 Å². The van der Waals surface area contributed by atoms with Gasteiger partial charge < -0.3 is 11.1 Å². The molecule has 112 valence electrons. The van der Waals surface area contributed by atoms with E-state index >= 15 is 0 Å². The third kappa shape index (κ3) is 4.57. The molecule has 4 nitrogen and oxygen atoms in total. The third-order valence-corrected chi connectivity index (χ3v) is 3.68. The molecule has 0 atom stereocenters. The van der Waals surface area contributed by atoms with Crippen LogP contribution in [-0.4, -0.2) is 17.4 Å². The first-order valence-electron chi connectivity index (χ1n) is 6.47. The molecule has 0 saturated heterocycles. The molecule has 0 bridgehead atoms. The number of benzene rings is 1. The van der Waals surface area contributed by atoms with Crippen molar-refractivity contribution in [3.8, 4) is 0 Å². The van der Waals surface area contributed by atoms with E-state index in [0.29, 0.717) is 36.5 Å². The van der Waals surface area contributed by atoms with Crippen molar-refractivity contribution in [3.05, 3.63) is 46.5 Å². The Hall–Kier alpha value is -1.86. The zero-order valence-electron chi connectivity index (χ0n) is 11.2. The maximum atomic E-state index is 13.1. The molecule has 2 rings (SSSR count). The van der Waals surface area contributed by atoms with Gasteiger partial charge in [-0.25, -0.2) is 13.8 Å². The fourth-order valence-corrected chi connectivity index (χ4v) is 2.61. The average molecular weight is 311 g/mol. The number of aromatic nitrogens is 1. The van der Waals surface area contributed by atoms with E-state index in [-0.39, 0.29) is 5.91 Å². The summed E-state index contributed by atoms with van der Waals surface area (Å²) in [6.45, 7) is 0.465. The standard InChI is InChI=1S/C14H15F2N3OS/c15-11-4-3-9(7-12(11)16)6-10-8-18-14(21-10)19-13(20)2-1-5-17/h3-4,7-8H,1-2,5-6,17H2,(H,18,19,20). The summed E-state index contributed by atoms with van der Waals surface area (Å²) in [6.07, 6.45) is 3.03. The number of halogens is 2. The number of hydrogen-bond donors (Lipinski definition) is 2. The molecule has 0 saturated carbocycles. The average Bonchev–Trinajstić information content (AvgIpc) is 2.88. The number of nitrogens with zero attached hydrogens (tertiary/aromatic N) is 1. The number of amides is 1. The van der Waals surface area contributed by atoms with Gasteiger partial charge in [-0.1, -0.05) is 6.07 Å². The molecule has 1 heterocycles. The van der Waals surface area contributed by atoms with Crippen LogP contribution in [0.15, 0.2) is 24.4 Å². The fraction of sp³-hybridized carbons (Fsp3) is 0.286. The highest BCUT2D eigenvalue weighted by Gasteiger charge is 2.08. The second-order valence-electron chi connectivity index (χ2n) is 4.50. The first-order valence-corrected chi connectivity index (χ1v) is 7.28. The van der Waals surface area contributed by atoms with Crippen molar-refractivity contribution in [3.63, 3.8) is 0 Å². The van der Waals surface area contributed by atoms with Crippen LogP contribution in [0.5, 0.6) is 0 Å². The lowest BCUT2D eigenvalue weighted by Crippen LogP contribution is -2.13. The number of carbonyl (C=O) groups excluding carboxylic acids is 1. The number of hydrogen-bond acceptors (Lipinski definition) is 4. The minimum absolute atomic E-state index is 0.130. The largest absolute Gasteiger partial charge is 0.330 e. The monoisotopic (exact) mass is 311 g/mol. The van der Waals surface area contributed by atoms with Crippen molar-refractivity contribution in [1.29, 1.82) is 0 Å². The number of rotatable bonds is 6. The van der Waals surface area contributed by atoms with Crippen molar-refractivity contribution in [2.24, 2.45) is 5.73 Å². The number of carbonyl (C=O) groups is 1. The van der Waals surface area contributed by atoms with Crippen molar-refractivity contribution in [2.45, 2.75) is 19.3 Å². The van der Waals surface area contributed by atoms with Gasteiger partial charge in [-0.15, -0.1) is 11.3 Å². The van der Waals surface area contributed by atoms with Crippen LogP contribution < -0.4 is 11.1 Å². The molecule has 0 aliphatic rings. The number of nitrogens with one attached hydrogen (secondary N) is 1. The van der Waals surface area contributed by atoms with Crippen LogP contribution in [0.2, 0.25) is 0 Å². The number of nitrogens with two attached hydrogens (primary N) is 1.